The lowest BCUT2D eigenvalue weighted by atomic mass is 10.1. The molecule has 0 amide bonds. The highest BCUT2D eigenvalue weighted by atomic mass is 35.5. The maximum atomic E-state index is 13.7. The van der Waals surface area contributed by atoms with Gasteiger partial charge in [0.05, 0.1) is 17.7 Å². The number of hydrogen-bond acceptors (Lipinski definition) is 3. The van der Waals surface area contributed by atoms with Gasteiger partial charge in [-0.25, -0.2) is 4.39 Å². The monoisotopic (exact) mass is 325 g/mol. The van der Waals surface area contributed by atoms with Crippen molar-refractivity contribution in [2.45, 2.75) is 6.61 Å². The lowest BCUT2D eigenvalue weighted by Crippen LogP contribution is -2.12. The van der Waals surface area contributed by atoms with E-state index in [1.807, 2.05) is 0 Å². The Kier molecular flexibility index (Phi) is 4.98. The normalized spacial score (nSPS) is 10.2. The third-order valence-electron chi connectivity index (χ3n) is 2.84. The molecule has 3 nitrogen and oxygen atoms in total. The zero-order valence-electron chi connectivity index (χ0n) is 11.2. The average Bonchev–Trinajstić information content (AvgIpc) is 2.48. The van der Waals surface area contributed by atoms with Gasteiger partial charge in [0.25, 0.3) is 0 Å². The number of methoxy groups -OCH3 is 1. The molecule has 0 aliphatic rings. The van der Waals surface area contributed by atoms with Crippen molar-refractivity contribution in [3.8, 4) is 11.5 Å². The van der Waals surface area contributed by atoms with Crippen molar-refractivity contribution in [1.82, 2.24) is 0 Å². The molecule has 0 spiro atoms. The van der Waals surface area contributed by atoms with E-state index in [0.717, 1.165) is 5.56 Å². The molecule has 0 unspecified atom stereocenters. The standard InChI is InChI=1S/C15H13ClFNO2S/c1-19-12-6-5-9(7-10(12)15(18)21)8-20-13-4-2-3-11(16)14(13)17/h2-7H,8H2,1H3,(H2,18,21). The molecule has 0 heterocycles. The van der Waals surface area contributed by atoms with Crippen LogP contribution in [0.3, 0.4) is 0 Å². The minimum atomic E-state index is -0.581. The van der Waals surface area contributed by atoms with Gasteiger partial charge in [-0.2, -0.15) is 0 Å². The molecule has 0 aromatic heterocycles. The highest BCUT2D eigenvalue weighted by Gasteiger charge is 2.10. The molecule has 0 saturated carbocycles. The van der Waals surface area contributed by atoms with Crippen LogP contribution in [-0.4, -0.2) is 12.1 Å². The van der Waals surface area contributed by atoms with Crippen LogP contribution in [0, 0.1) is 5.82 Å². The first-order chi connectivity index (χ1) is 10.0. The number of hydrogen-bond donors (Lipinski definition) is 1. The van der Waals surface area contributed by atoms with E-state index in [1.165, 1.54) is 19.2 Å². The van der Waals surface area contributed by atoms with Crippen LogP contribution < -0.4 is 15.2 Å². The van der Waals surface area contributed by atoms with Gasteiger partial charge in [0.15, 0.2) is 11.6 Å². The van der Waals surface area contributed by atoms with Crippen molar-refractivity contribution >= 4 is 28.8 Å². The number of nitrogens with two attached hydrogens (primary N) is 1. The summed E-state index contributed by atoms with van der Waals surface area (Å²) in [6.07, 6.45) is 0. The number of halogens is 2. The van der Waals surface area contributed by atoms with Gasteiger partial charge in [0.1, 0.15) is 17.3 Å². The van der Waals surface area contributed by atoms with Crippen molar-refractivity contribution in [1.29, 1.82) is 0 Å². The van der Waals surface area contributed by atoms with E-state index in [9.17, 15) is 4.39 Å². The molecule has 6 heteroatoms. The van der Waals surface area contributed by atoms with Crippen LogP contribution in [0.15, 0.2) is 36.4 Å². The fourth-order valence-electron chi connectivity index (χ4n) is 1.79. The van der Waals surface area contributed by atoms with Crippen LogP contribution in [-0.2, 0) is 6.61 Å². The predicted molar refractivity (Wildman–Crippen MR) is 84.6 cm³/mol. The third kappa shape index (κ3) is 3.62. The summed E-state index contributed by atoms with van der Waals surface area (Å²) in [6.45, 7) is 0.164. The van der Waals surface area contributed by atoms with Crippen molar-refractivity contribution in [3.05, 3.63) is 58.4 Å². The van der Waals surface area contributed by atoms with E-state index in [-0.39, 0.29) is 22.4 Å². The zero-order valence-corrected chi connectivity index (χ0v) is 12.8. The summed E-state index contributed by atoms with van der Waals surface area (Å²) in [5.41, 5.74) is 7.04. The van der Waals surface area contributed by atoms with Gasteiger partial charge in [0, 0.05) is 0 Å². The van der Waals surface area contributed by atoms with Gasteiger partial charge in [-0.3, -0.25) is 0 Å². The van der Waals surface area contributed by atoms with Crippen LogP contribution in [0.5, 0.6) is 11.5 Å². The summed E-state index contributed by atoms with van der Waals surface area (Å²) in [6, 6.07) is 9.88. The van der Waals surface area contributed by atoms with Gasteiger partial charge < -0.3 is 15.2 Å². The van der Waals surface area contributed by atoms with Crippen LogP contribution in [0.2, 0.25) is 5.02 Å². The molecule has 0 radical (unpaired) electrons. The molecule has 0 aliphatic carbocycles. The molecule has 0 saturated heterocycles. The minimum Gasteiger partial charge on any atom is -0.496 e. The molecular weight excluding hydrogens is 313 g/mol. The molecule has 0 aliphatic heterocycles. The molecule has 0 atom stereocenters. The van der Waals surface area contributed by atoms with E-state index in [2.05, 4.69) is 0 Å². The number of benzene rings is 2. The van der Waals surface area contributed by atoms with Crippen LogP contribution in [0.4, 0.5) is 4.39 Å². The summed E-state index contributed by atoms with van der Waals surface area (Å²) in [5.74, 6) is 0.0950. The van der Waals surface area contributed by atoms with E-state index in [1.54, 1.807) is 24.3 Å². The van der Waals surface area contributed by atoms with E-state index in [4.69, 9.17) is 39.0 Å². The largest absolute Gasteiger partial charge is 0.496 e. The second kappa shape index (κ2) is 6.74. The van der Waals surface area contributed by atoms with E-state index < -0.39 is 5.82 Å². The maximum Gasteiger partial charge on any atom is 0.183 e. The third-order valence-corrected chi connectivity index (χ3v) is 3.35. The van der Waals surface area contributed by atoms with Crippen molar-refractivity contribution in [2.75, 3.05) is 7.11 Å². The zero-order chi connectivity index (χ0) is 15.4. The predicted octanol–water partition coefficient (Wildman–Crippen LogP) is 3.70. The summed E-state index contributed by atoms with van der Waals surface area (Å²) in [4.78, 5) is 0.225. The van der Waals surface area contributed by atoms with Gasteiger partial charge in [-0.1, -0.05) is 36.0 Å². The molecule has 110 valence electrons. The topological polar surface area (TPSA) is 44.5 Å². The van der Waals surface area contributed by atoms with E-state index >= 15 is 0 Å². The smallest absolute Gasteiger partial charge is 0.183 e. The molecule has 2 N–H and O–H groups in total. The quantitative estimate of drug-likeness (QED) is 0.851. The molecule has 2 rings (SSSR count). The number of thiocarbonyl (C=S) groups is 1. The van der Waals surface area contributed by atoms with Gasteiger partial charge in [-0.05, 0) is 29.8 Å². The molecule has 2 aromatic carbocycles. The van der Waals surface area contributed by atoms with Crippen molar-refractivity contribution < 1.29 is 13.9 Å². The van der Waals surface area contributed by atoms with Crippen LogP contribution in [0.25, 0.3) is 0 Å². The van der Waals surface area contributed by atoms with Crippen LogP contribution >= 0.6 is 23.8 Å². The first-order valence-corrected chi connectivity index (χ1v) is 6.85. The molecular formula is C15H13ClFNO2S. The average molecular weight is 326 g/mol. The maximum absolute atomic E-state index is 13.7. The highest BCUT2D eigenvalue weighted by molar-refractivity contribution is 7.80. The summed E-state index contributed by atoms with van der Waals surface area (Å²) >= 11 is 10.7. The Morgan fingerprint density at radius 2 is 2.05 bits per heavy atom. The summed E-state index contributed by atoms with van der Waals surface area (Å²) < 4.78 is 24.3. The van der Waals surface area contributed by atoms with Gasteiger partial charge in [0.2, 0.25) is 0 Å². The number of ether oxygens (including phenoxy) is 2. The fraction of sp³-hybridized carbons (Fsp3) is 0.133. The number of rotatable bonds is 5. The van der Waals surface area contributed by atoms with E-state index in [0.29, 0.717) is 11.3 Å². The first kappa shape index (κ1) is 15.5. The molecule has 0 bridgehead atoms. The summed E-state index contributed by atoms with van der Waals surface area (Å²) in [7, 11) is 1.54. The summed E-state index contributed by atoms with van der Waals surface area (Å²) in [5, 5.41) is 0.0195. The fourth-order valence-corrected chi connectivity index (χ4v) is 2.12. The molecule has 21 heavy (non-hydrogen) atoms. The Bertz CT molecular complexity index is 679. The molecule has 2 aromatic rings. The Balaban J connectivity index is 2.19. The second-order valence-corrected chi connectivity index (χ2v) is 5.09. The lowest BCUT2D eigenvalue weighted by molar-refractivity contribution is 0.290. The van der Waals surface area contributed by atoms with Crippen LogP contribution in [0.1, 0.15) is 11.1 Å². The Morgan fingerprint density at radius 1 is 1.29 bits per heavy atom. The molecule has 0 fully saturated rings. The Hall–Kier alpha value is -1.85. The van der Waals surface area contributed by atoms with Crippen molar-refractivity contribution in [2.24, 2.45) is 5.73 Å². The Labute approximate surface area is 132 Å². The van der Waals surface area contributed by atoms with Crippen molar-refractivity contribution in [3.63, 3.8) is 0 Å². The SMILES string of the molecule is COc1ccc(COc2cccc(Cl)c2F)cc1C(N)=S. The van der Waals surface area contributed by atoms with Gasteiger partial charge in [-0.15, -0.1) is 0 Å². The highest BCUT2D eigenvalue weighted by Crippen LogP contribution is 2.26. The first-order valence-electron chi connectivity index (χ1n) is 6.06. The second-order valence-electron chi connectivity index (χ2n) is 4.24. The Morgan fingerprint density at radius 3 is 2.71 bits per heavy atom. The van der Waals surface area contributed by atoms with Gasteiger partial charge >= 0.3 is 0 Å². The minimum absolute atomic E-state index is 0.0195. The lowest BCUT2D eigenvalue weighted by Gasteiger charge is -2.11.